The van der Waals surface area contributed by atoms with Crippen molar-refractivity contribution >= 4 is 12.1 Å². The smallest absolute Gasteiger partial charge is 0.410 e. The average molecular weight is 484 g/mol. The first-order chi connectivity index (χ1) is 16.7. The number of aromatic nitrogens is 2. The van der Waals surface area contributed by atoms with Crippen LogP contribution in [0.5, 0.6) is 0 Å². The molecule has 0 aliphatic carbocycles. The maximum absolute atomic E-state index is 13.1. The number of likely N-dealkylation sites (tertiary alicyclic amines) is 1. The van der Waals surface area contributed by atoms with Crippen molar-refractivity contribution < 1.29 is 23.6 Å². The summed E-state index contributed by atoms with van der Waals surface area (Å²) in [6, 6.07) is 8.97. The van der Waals surface area contributed by atoms with Gasteiger partial charge in [-0.3, -0.25) is 9.74 Å². The first kappa shape index (κ1) is 23.6. The van der Waals surface area contributed by atoms with Crippen LogP contribution in [0.25, 0.3) is 0 Å². The second kappa shape index (κ2) is 9.14. The van der Waals surface area contributed by atoms with Gasteiger partial charge in [0, 0.05) is 13.1 Å². The zero-order chi connectivity index (χ0) is 24.7. The topological polar surface area (TPSA) is 101 Å². The lowest BCUT2D eigenvalue weighted by Crippen LogP contribution is -2.36. The van der Waals surface area contributed by atoms with Crippen molar-refractivity contribution in [2.24, 2.45) is 5.92 Å². The predicted molar refractivity (Wildman–Crippen MR) is 125 cm³/mol. The minimum absolute atomic E-state index is 0.00296. The van der Waals surface area contributed by atoms with E-state index < -0.39 is 5.60 Å². The molecule has 1 unspecified atom stereocenters. The SMILES string of the molecule is C[C@@H]1CC(c2nnc([C@@H]3CC[C@@H]4CN3C(=O)N4OCc3ccccc3)o2)N(C(=O)OC(C)(C)C)C1. The molecule has 0 spiro atoms. The molecule has 3 aliphatic rings. The van der Waals surface area contributed by atoms with E-state index in [1.54, 1.807) is 9.80 Å². The molecular formula is C25H33N5O5. The first-order valence-corrected chi connectivity index (χ1v) is 12.3. The molecule has 1 aromatic carbocycles. The maximum Gasteiger partial charge on any atom is 0.410 e. The highest BCUT2D eigenvalue weighted by molar-refractivity contribution is 5.77. The summed E-state index contributed by atoms with van der Waals surface area (Å²) in [4.78, 5) is 35.2. The molecule has 0 saturated carbocycles. The molecule has 4 atom stereocenters. The van der Waals surface area contributed by atoms with E-state index in [1.807, 2.05) is 51.1 Å². The van der Waals surface area contributed by atoms with Crippen LogP contribution in [0.15, 0.2) is 34.7 Å². The van der Waals surface area contributed by atoms with Crippen molar-refractivity contribution in [3.05, 3.63) is 47.7 Å². The van der Waals surface area contributed by atoms with Crippen molar-refractivity contribution in [3.63, 3.8) is 0 Å². The van der Waals surface area contributed by atoms with Gasteiger partial charge in [-0.15, -0.1) is 10.2 Å². The van der Waals surface area contributed by atoms with Gasteiger partial charge in [0.05, 0.1) is 6.04 Å². The lowest BCUT2D eigenvalue weighted by molar-refractivity contribution is -0.140. The summed E-state index contributed by atoms with van der Waals surface area (Å²) < 4.78 is 11.7. The van der Waals surface area contributed by atoms with Crippen LogP contribution in [0.2, 0.25) is 0 Å². The van der Waals surface area contributed by atoms with Crippen LogP contribution in [0.4, 0.5) is 9.59 Å². The van der Waals surface area contributed by atoms with Gasteiger partial charge in [0.1, 0.15) is 24.3 Å². The Kier molecular flexibility index (Phi) is 6.16. The molecule has 3 fully saturated rings. The lowest BCUT2D eigenvalue weighted by Gasteiger charge is -2.28. The fraction of sp³-hybridized carbons (Fsp3) is 0.600. The van der Waals surface area contributed by atoms with Crippen LogP contribution in [0.1, 0.15) is 76.4 Å². The number of benzene rings is 1. The Labute approximate surface area is 205 Å². The number of amides is 3. The number of ether oxygens (including phenoxy) is 1. The fourth-order valence-corrected chi connectivity index (χ4v) is 5.09. The van der Waals surface area contributed by atoms with Gasteiger partial charge in [0.25, 0.3) is 0 Å². The molecule has 4 heterocycles. The first-order valence-electron chi connectivity index (χ1n) is 12.3. The molecule has 3 aliphatic heterocycles. The number of hydrogen-bond acceptors (Lipinski definition) is 7. The summed E-state index contributed by atoms with van der Waals surface area (Å²) in [6.45, 7) is 9.10. The van der Waals surface area contributed by atoms with Gasteiger partial charge in [-0.1, -0.05) is 37.3 Å². The third-order valence-electron chi connectivity index (χ3n) is 6.70. The van der Waals surface area contributed by atoms with E-state index in [2.05, 4.69) is 17.1 Å². The highest BCUT2D eigenvalue weighted by atomic mass is 16.7. The summed E-state index contributed by atoms with van der Waals surface area (Å²) in [5, 5.41) is 10.1. The molecule has 35 heavy (non-hydrogen) atoms. The molecule has 0 radical (unpaired) electrons. The second-order valence-corrected chi connectivity index (χ2v) is 10.7. The number of carbonyl (C=O) groups is 2. The predicted octanol–water partition coefficient (Wildman–Crippen LogP) is 4.46. The van der Waals surface area contributed by atoms with Crippen LogP contribution in [-0.2, 0) is 16.2 Å². The molecule has 188 valence electrons. The summed E-state index contributed by atoms with van der Waals surface area (Å²) >= 11 is 0. The van der Waals surface area contributed by atoms with Gasteiger partial charge in [0.2, 0.25) is 11.8 Å². The van der Waals surface area contributed by atoms with Gasteiger partial charge >= 0.3 is 12.1 Å². The number of hydrogen-bond donors (Lipinski definition) is 0. The van der Waals surface area contributed by atoms with Crippen molar-refractivity contribution in [2.75, 3.05) is 13.1 Å². The Bertz CT molecular complexity index is 1070. The molecule has 3 amide bonds. The molecule has 10 heteroatoms. The molecular weight excluding hydrogens is 450 g/mol. The molecule has 2 bridgehead atoms. The van der Waals surface area contributed by atoms with E-state index in [9.17, 15) is 9.59 Å². The highest BCUT2D eigenvalue weighted by Gasteiger charge is 2.48. The van der Waals surface area contributed by atoms with E-state index in [0.29, 0.717) is 37.9 Å². The molecule has 5 rings (SSSR count). The summed E-state index contributed by atoms with van der Waals surface area (Å²) in [5.74, 6) is 1.08. The van der Waals surface area contributed by atoms with Crippen LogP contribution >= 0.6 is 0 Å². The number of nitrogens with zero attached hydrogens (tertiary/aromatic N) is 5. The van der Waals surface area contributed by atoms with E-state index in [-0.39, 0.29) is 36.2 Å². The zero-order valence-electron chi connectivity index (χ0n) is 20.7. The van der Waals surface area contributed by atoms with Crippen molar-refractivity contribution in [1.82, 2.24) is 25.1 Å². The monoisotopic (exact) mass is 483 g/mol. The highest BCUT2D eigenvalue weighted by Crippen LogP contribution is 2.40. The number of urea groups is 1. The van der Waals surface area contributed by atoms with Crippen molar-refractivity contribution in [1.29, 1.82) is 0 Å². The zero-order valence-corrected chi connectivity index (χ0v) is 20.7. The van der Waals surface area contributed by atoms with Gasteiger partial charge in [0.15, 0.2) is 0 Å². The Balaban J connectivity index is 1.27. The van der Waals surface area contributed by atoms with Gasteiger partial charge in [-0.2, -0.15) is 5.06 Å². The molecule has 10 nitrogen and oxygen atoms in total. The summed E-state index contributed by atoms with van der Waals surface area (Å²) in [5.41, 5.74) is 0.423. The van der Waals surface area contributed by atoms with E-state index >= 15 is 0 Å². The third kappa shape index (κ3) is 4.84. The maximum atomic E-state index is 13.1. The van der Waals surface area contributed by atoms with Crippen LogP contribution in [0.3, 0.4) is 0 Å². The number of piperidine rings is 1. The minimum atomic E-state index is -0.587. The van der Waals surface area contributed by atoms with E-state index in [0.717, 1.165) is 18.4 Å². The number of hydroxylamine groups is 2. The van der Waals surface area contributed by atoms with Gasteiger partial charge in [-0.05, 0) is 51.5 Å². The average Bonchev–Trinajstić information content (AvgIpc) is 3.50. The number of carbonyl (C=O) groups excluding carboxylic acids is 2. The van der Waals surface area contributed by atoms with E-state index in [4.69, 9.17) is 14.0 Å². The normalized spacial score (nSPS) is 26.5. The molecule has 3 saturated heterocycles. The standard InChI is InChI=1S/C25H33N5O5/c1-16-12-20(29(13-16)24(32)35-25(2,3)4)22-27-26-21(34-22)19-11-10-18-14-28(19)23(31)30(18)33-15-17-8-6-5-7-9-17/h5-9,16,18-20H,10-15H2,1-4H3/t16-,18-,19+,20?/m1/s1. The summed E-state index contributed by atoms with van der Waals surface area (Å²) in [7, 11) is 0. The Morgan fingerprint density at radius 1 is 1.09 bits per heavy atom. The molecule has 1 aromatic heterocycles. The largest absolute Gasteiger partial charge is 0.444 e. The molecule has 2 aromatic rings. The molecule has 0 N–H and O–H groups in total. The number of fused-ring (bicyclic) bond motifs is 2. The van der Waals surface area contributed by atoms with Crippen LogP contribution in [-0.4, -0.2) is 61.9 Å². The minimum Gasteiger partial charge on any atom is -0.444 e. The van der Waals surface area contributed by atoms with E-state index in [1.165, 1.54) is 5.06 Å². The Morgan fingerprint density at radius 2 is 1.80 bits per heavy atom. The van der Waals surface area contributed by atoms with Gasteiger partial charge < -0.3 is 14.1 Å². The Hall–Kier alpha value is -3.14. The van der Waals surface area contributed by atoms with Crippen LogP contribution < -0.4 is 0 Å². The number of rotatable bonds is 5. The lowest BCUT2D eigenvalue weighted by atomic mass is 10.0. The van der Waals surface area contributed by atoms with Crippen LogP contribution in [0, 0.1) is 5.92 Å². The fourth-order valence-electron chi connectivity index (χ4n) is 5.09. The Morgan fingerprint density at radius 3 is 2.51 bits per heavy atom. The third-order valence-corrected chi connectivity index (χ3v) is 6.70. The van der Waals surface area contributed by atoms with Crippen molar-refractivity contribution in [3.8, 4) is 0 Å². The van der Waals surface area contributed by atoms with Gasteiger partial charge in [-0.25, -0.2) is 9.59 Å². The quantitative estimate of drug-likeness (QED) is 0.619. The second-order valence-electron chi connectivity index (χ2n) is 10.7. The summed E-state index contributed by atoms with van der Waals surface area (Å²) in [6.07, 6.45) is 1.83. The van der Waals surface area contributed by atoms with Crippen molar-refractivity contribution in [2.45, 2.75) is 77.3 Å².